The maximum atomic E-state index is 12.8. The molecule has 0 aromatic heterocycles. The second-order valence-corrected chi connectivity index (χ2v) is 13.5. The molecule has 0 aromatic carbocycles. The van der Waals surface area contributed by atoms with Gasteiger partial charge in [0.1, 0.15) is 0 Å². The fraction of sp³-hybridized carbons (Fsp3) is 0.957. The van der Waals surface area contributed by atoms with Crippen molar-refractivity contribution in [1.29, 1.82) is 0 Å². The van der Waals surface area contributed by atoms with Gasteiger partial charge in [-0.2, -0.15) is 0 Å². The van der Waals surface area contributed by atoms with E-state index in [2.05, 4.69) is 4.72 Å². The summed E-state index contributed by atoms with van der Waals surface area (Å²) in [6, 6.07) is 0.261. The molecule has 2 aliphatic carbocycles. The monoisotopic (exact) mass is 426 g/mol. The Labute approximate surface area is 180 Å². The van der Waals surface area contributed by atoms with Gasteiger partial charge in [-0.15, -0.1) is 0 Å². The SMILES string of the molecule is CC1(C)C[C@H](CCC(CCC(C2CC2)C2CC2)NS(=O)C(C)(C)C)CN1C(=O)O. The van der Waals surface area contributed by atoms with Gasteiger partial charge in [0.15, 0.2) is 0 Å². The summed E-state index contributed by atoms with van der Waals surface area (Å²) >= 11 is 0. The van der Waals surface area contributed by atoms with E-state index in [9.17, 15) is 14.1 Å². The van der Waals surface area contributed by atoms with Crippen molar-refractivity contribution in [2.75, 3.05) is 6.54 Å². The van der Waals surface area contributed by atoms with Gasteiger partial charge in [-0.25, -0.2) is 13.7 Å². The lowest BCUT2D eigenvalue weighted by Crippen LogP contribution is -2.41. The standard InChI is InChI=1S/C23H42N2O3S/c1-22(2,3)29(28)24-19(12-13-20(17-7-8-17)18-9-10-18)11-6-16-14-23(4,5)25(15-16)21(26)27/h16-20,24H,6-15H2,1-5H3,(H,26,27)/t16-,19?,29?/m0/s1. The number of likely N-dealkylation sites (tertiary alicyclic amines) is 1. The predicted octanol–water partition coefficient (Wildman–Crippen LogP) is 5.18. The third-order valence-electron chi connectivity index (χ3n) is 7.25. The van der Waals surface area contributed by atoms with E-state index < -0.39 is 17.1 Å². The molecule has 29 heavy (non-hydrogen) atoms. The molecule has 3 aliphatic rings. The summed E-state index contributed by atoms with van der Waals surface area (Å²) < 4.78 is 16.0. The first kappa shape index (κ1) is 23.1. The Morgan fingerprint density at radius 3 is 2.17 bits per heavy atom. The Morgan fingerprint density at radius 1 is 1.14 bits per heavy atom. The summed E-state index contributed by atoms with van der Waals surface area (Å²) in [5, 5.41) is 9.49. The molecule has 2 unspecified atom stereocenters. The Balaban J connectivity index is 1.55. The van der Waals surface area contributed by atoms with Crippen molar-refractivity contribution in [3.05, 3.63) is 0 Å². The molecule has 1 heterocycles. The highest BCUT2D eigenvalue weighted by Gasteiger charge is 2.42. The Morgan fingerprint density at radius 2 is 1.72 bits per heavy atom. The Kier molecular flexibility index (Phi) is 7.04. The third kappa shape index (κ3) is 6.43. The van der Waals surface area contributed by atoms with Gasteiger partial charge in [-0.3, -0.25) is 0 Å². The number of amides is 1. The molecule has 1 aliphatic heterocycles. The van der Waals surface area contributed by atoms with Crippen LogP contribution < -0.4 is 4.72 Å². The van der Waals surface area contributed by atoms with Crippen LogP contribution >= 0.6 is 0 Å². The average molecular weight is 427 g/mol. The van der Waals surface area contributed by atoms with E-state index in [0.29, 0.717) is 12.5 Å². The van der Waals surface area contributed by atoms with Crippen molar-refractivity contribution >= 4 is 17.1 Å². The van der Waals surface area contributed by atoms with Gasteiger partial charge in [0.05, 0.1) is 15.7 Å². The number of rotatable bonds is 10. The van der Waals surface area contributed by atoms with Crippen molar-refractivity contribution in [2.24, 2.45) is 23.7 Å². The highest BCUT2D eigenvalue weighted by molar-refractivity contribution is 7.84. The largest absolute Gasteiger partial charge is 0.465 e. The molecular formula is C23H42N2O3S. The zero-order valence-electron chi connectivity index (χ0n) is 19.1. The van der Waals surface area contributed by atoms with E-state index in [4.69, 9.17) is 0 Å². The Bertz CT molecular complexity index is 596. The lowest BCUT2D eigenvalue weighted by molar-refractivity contribution is 0.117. The molecule has 0 aromatic rings. The van der Waals surface area contributed by atoms with E-state index in [1.807, 2.05) is 34.6 Å². The van der Waals surface area contributed by atoms with Crippen molar-refractivity contribution in [1.82, 2.24) is 9.62 Å². The quantitative estimate of drug-likeness (QED) is 0.505. The van der Waals surface area contributed by atoms with E-state index in [1.54, 1.807) is 4.90 Å². The van der Waals surface area contributed by atoms with Crippen LogP contribution in [0.5, 0.6) is 0 Å². The maximum absolute atomic E-state index is 12.8. The summed E-state index contributed by atoms with van der Waals surface area (Å²) in [5.74, 6) is 3.19. The van der Waals surface area contributed by atoms with E-state index in [-0.39, 0.29) is 16.3 Å². The van der Waals surface area contributed by atoms with Crippen LogP contribution in [0.3, 0.4) is 0 Å². The topological polar surface area (TPSA) is 69.6 Å². The van der Waals surface area contributed by atoms with Gasteiger partial charge in [0, 0.05) is 18.1 Å². The van der Waals surface area contributed by atoms with Crippen LogP contribution in [0.15, 0.2) is 0 Å². The predicted molar refractivity (Wildman–Crippen MR) is 119 cm³/mol. The van der Waals surface area contributed by atoms with E-state index >= 15 is 0 Å². The number of nitrogens with zero attached hydrogens (tertiary/aromatic N) is 1. The normalized spacial score (nSPS) is 26.7. The molecular weight excluding hydrogens is 384 g/mol. The summed E-state index contributed by atoms with van der Waals surface area (Å²) in [6.07, 6.45) is 10.1. The molecule has 1 saturated heterocycles. The average Bonchev–Trinajstić information content (AvgIpc) is 3.49. The van der Waals surface area contributed by atoms with Crippen LogP contribution in [-0.2, 0) is 11.0 Å². The molecule has 2 N–H and O–H groups in total. The number of carbonyl (C=O) groups is 1. The Hall–Kier alpha value is -0.620. The van der Waals surface area contributed by atoms with E-state index in [1.165, 1.54) is 32.1 Å². The highest BCUT2D eigenvalue weighted by atomic mass is 32.2. The second kappa shape index (κ2) is 8.86. The lowest BCUT2D eigenvalue weighted by Gasteiger charge is -2.28. The second-order valence-electron chi connectivity index (χ2n) is 11.5. The van der Waals surface area contributed by atoms with Gasteiger partial charge in [0.25, 0.3) is 0 Å². The fourth-order valence-electron chi connectivity index (χ4n) is 5.24. The summed E-state index contributed by atoms with van der Waals surface area (Å²) in [4.78, 5) is 13.1. The lowest BCUT2D eigenvalue weighted by atomic mass is 9.88. The summed E-state index contributed by atoms with van der Waals surface area (Å²) in [6.45, 7) is 10.8. The molecule has 0 bridgehead atoms. The molecule has 168 valence electrons. The molecule has 0 spiro atoms. The molecule has 2 saturated carbocycles. The van der Waals surface area contributed by atoms with Crippen molar-refractivity contribution < 1.29 is 14.1 Å². The summed E-state index contributed by atoms with van der Waals surface area (Å²) in [5.41, 5.74) is -0.281. The minimum absolute atomic E-state index is 0.261. The smallest absolute Gasteiger partial charge is 0.407 e. The number of hydrogen-bond donors (Lipinski definition) is 2. The first-order valence-electron chi connectivity index (χ1n) is 11.7. The van der Waals surface area contributed by atoms with Gasteiger partial charge < -0.3 is 10.0 Å². The van der Waals surface area contributed by atoms with Gasteiger partial charge in [0.2, 0.25) is 0 Å². The molecule has 3 rings (SSSR count). The maximum Gasteiger partial charge on any atom is 0.407 e. The summed E-state index contributed by atoms with van der Waals surface area (Å²) in [7, 11) is -1.06. The van der Waals surface area contributed by atoms with Crippen LogP contribution in [0.4, 0.5) is 4.79 Å². The van der Waals surface area contributed by atoms with Gasteiger partial charge in [-0.05, 0) is 116 Å². The fourth-order valence-corrected chi connectivity index (χ4v) is 6.13. The van der Waals surface area contributed by atoms with Gasteiger partial charge >= 0.3 is 6.09 Å². The van der Waals surface area contributed by atoms with Crippen LogP contribution in [0.2, 0.25) is 0 Å². The van der Waals surface area contributed by atoms with Crippen LogP contribution in [0.1, 0.15) is 92.4 Å². The first-order valence-corrected chi connectivity index (χ1v) is 12.8. The molecule has 1 amide bonds. The molecule has 3 fully saturated rings. The number of carboxylic acid groups (broad SMARTS) is 1. The van der Waals surface area contributed by atoms with Crippen LogP contribution in [-0.4, -0.2) is 43.2 Å². The molecule has 0 radical (unpaired) electrons. The minimum atomic E-state index is -1.06. The van der Waals surface area contributed by atoms with Gasteiger partial charge in [-0.1, -0.05) is 0 Å². The van der Waals surface area contributed by atoms with Crippen LogP contribution in [0.25, 0.3) is 0 Å². The highest BCUT2D eigenvalue weighted by Crippen LogP contribution is 2.51. The zero-order chi connectivity index (χ0) is 21.4. The zero-order valence-corrected chi connectivity index (χ0v) is 19.9. The van der Waals surface area contributed by atoms with Crippen molar-refractivity contribution in [3.63, 3.8) is 0 Å². The third-order valence-corrected chi connectivity index (χ3v) is 8.91. The van der Waals surface area contributed by atoms with Crippen molar-refractivity contribution in [3.8, 4) is 0 Å². The minimum Gasteiger partial charge on any atom is -0.465 e. The number of hydrogen-bond acceptors (Lipinski definition) is 2. The first-order chi connectivity index (χ1) is 13.5. The van der Waals surface area contributed by atoms with Crippen molar-refractivity contribution in [2.45, 2.75) is 109 Å². The molecule has 5 nitrogen and oxygen atoms in total. The number of nitrogens with one attached hydrogen (secondary N) is 1. The van der Waals surface area contributed by atoms with Crippen LogP contribution in [0, 0.1) is 23.7 Å². The van der Waals surface area contributed by atoms with E-state index in [0.717, 1.165) is 43.4 Å². The molecule has 3 atom stereocenters. The molecule has 6 heteroatoms.